The van der Waals surface area contributed by atoms with Crippen molar-refractivity contribution >= 4 is 11.8 Å². The van der Waals surface area contributed by atoms with Gasteiger partial charge >= 0.3 is 0 Å². The van der Waals surface area contributed by atoms with Gasteiger partial charge in [-0.2, -0.15) is 0 Å². The molecule has 2 fully saturated rings. The molecule has 1 aromatic rings. The highest BCUT2D eigenvalue weighted by atomic mass is 16.5. The molecule has 0 spiro atoms. The number of carbonyl (C=O) groups excluding carboxylic acids is 2. The Bertz CT molecular complexity index is 705. The summed E-state index contributed by atoms with van der Waals surface area (Å²) in [5.41, 5.74) is 1.07. The lowest BCUT2D eigenvalue weighted by molar-refractivity contribution is -0.121. The van der Waals surface area contributed by atoms with E-state index in [2.05, 4.69) is 25.1 Å². The third kappa shape index (κ3) is 8.42. The number of hydrogen-bond donors (Lipinski definition) is 1. The fourth-order valence-corrected chi connectivity index (χ4v) is 3.75. The fraction of sp³-hybridized carbons (Fsp3) is 0.727. The summed E-state index contributed by atoms with van der Waals surface area (Å²) < 4.78 is 10.7. The molecule has 2 aliphatic heterocycles. The zero-order valence-electron chi connectivity index (χ0n) is 19.1. The second-order valence-electron chi connectivity index (χ2n) is 8.20. The van der Waals surface area contributed by atoms with Gasteiger partial charge in [0.15, 0.2) is 0 Å². The van der Waals surface area contributed by atoms with Crippen molar-refractivity contribution in [2.24, 2.45) is 0 Å². The summed E-state index contributed by atoms with van der Waals surface area (Å²) >= 11 is 0. The SMILES string of the molecule is Cc1cnc(C(=O)N(CCC(=O)NCCCN2CCOCC2)CCN2CCOCC2)cn1. The van der Waals surface area contributed by atoms with Crippen LogP contribution in [0.25, 0.3) is 0 Å². The maximum Gasteiger partial charge on any atom is 0.274 e. The standard InChI is InChI=1S/C22H36N6O4/c1-19-17-25-20(18-24-19)22(30)28(8-7-27-11-15-32-16-12-27)6-3-21(29)23-4-2-5-26-9-13-31-14-10-26/h17-18H,2-16H2,1H3,(H,23,29). The summed E-state index contributed by atoms with van der Waals surface area (Å²) in [7, 11) is 0. The van der Waals surface area contributed by atoms with Gasteiger partial charge in [0, 0.05) is 65.0 Å². The molecule has 2 saturated heterocycles. The van der Waals surface area contributed by atoms with Crippen molar-refractivity contribution in [2.45, 2.75) is 19.8 Å². The first-order valence-corrected chi connectivity index (χ1v) is 11.6. The van der Waals surface area contributed by atoms with Crippen molar-refractivity contribution in [3.8, 4) is 0 Å². The van der Waals surface area contributed by atoms with E-state index < -0.39 is 0 Å². The molecule has 0 aromatic carbocycles. The molecular weight excluding hydrogens is 412 g/mol. The largest absolute Gasteiger partial charge is 0.379 e. The molecule has 178 valence electrons. The van der Waals surface area contributed by atoms with Crippen molar-refractivity contribution in [3.05, 3.63) is 23.8 Å². The second-order valence-corrected chi connectivity index (χ2v) is 8.20. The summed E-state index contributed by atoms with van der Waals surface area (Å²) in [6.45, 7) is 11.7. The Kier molecular flexibility index (Phi) is 10.3. The van der Waals surface area contributed by atoms with Crippen LogP contribution in [-0.2, 0) is 14.3 Å². The van der Waals surface area contributed by atoms with Crippen LogP contribution in [0.3, 0.4) is 0 Å². The molecular formula is C22H36N6O4. The number of carbonyl (C=O) groups is 2. The minimum absolute atomic E-state index is 0.0360. The van der Waals surface area contributed by atoms with Crippen LogP contribution in [0.1, 0.15) is 29.0 Å². The molecule has 1 N–H and O–H groups in total. The molecule has 2 amide bonds. The number of amides is 2. The quantitative estimate of drug-likeness (QED) is 0.464. The van der Waals surface area contributed by atoms with Crippen molar-refractivity contribution in [1.82, 2.24) is 30.0 Å². The molecule has 10 nitrogen and oxygen atoms in total. The van der Waals surface area contributed by atoms with Crippen molar-refractivity contribution < 1.29 is 19.1 Å². The van der Waals surface area contributed by atoms with Gasteiger partial charge in [0.1, 0.15) is 5.69 Å². The lowest BCUT2D eigenvalue weighted by atomic mass is 10.2. The summed E-state index contributed by atoms with van der Waals surface area (Å²) in [5, 5.41) is 2.98. The lowest BCUT2D eigenvalue weighted by Crippen LogP contribution is -2.44. The van der Waals surface area contributed by atoms with E-state index in [9.17, 15) is 9.59 Å². The van der Waals surface area contributed by atoms with Crippen molar-refractivity contribution in [2.75, 3.05) is 85.3 Å². The highest BCUT2D eigenvalue weighted by Crippen LogP contribution is 2.05. The Morgan fingerprint density at radius 2 is 1.62 bits per heavy atom. The normalized spacial score (nSPS) is 17.8. The van der Waals surface area contributed by atoms with Crippen LogP contribution in [-0.4, -0.2) is 122 Å². The molecule has 3 rings (SSSR count). The molecule has 0 aliphatic carbocycles. The summed E-state index contributed by atoms with van der Waals surface area (Å²) in [4.78, 5) is 40.1. The van der Waals surface area contributed by atoms with Crippen LogP contribution in [0.15, 0.2) is 12.4 Å². The van der Waals surface area contributed by atoms with Gasteiger partial charge in [-0.25, -0.2) is 4.98 Å². The summed E-state index contributed by atoms with van der Waals surface area (Å²) in [5.74, 6) is -0.225. The molecule has 32 heavy (non-hydrogen) atoms. The van der Waals surface area contributed by atoms with E-state index in [1.54, 1.807) is 11.1 Å². The topological polar surface area (TPSA) is 100 Å². The Labute approximate surface area is 190 Å². The third-order valence-electron chi connectivity index (χ3n) is 5.76. The molecule has 0 unspecified atom stereocenters. The molecule has 2 aliphatic rings. The van der Waals surface area contributed by atoms with Gasteiger partial charge in [-0.15, -0.1) is 0 Å². The lowest BCUT2D eigenvalue weighted by Gasteiger charge is -2.30. The fourth-order valence-electron chi connectivity index (χ4n) is 3.75. The van der Waals surface area contributed by atoms with E-state index in [0.29, 0.717) is 38.5 Å². The van der Waals surface area contributed by atoms with Crippen LogP contribution < -0.4 is 5.32 Å². The highest BCUT2D eigenvalue weighted by molar-refractivity contribution is 5.92. The minimum Gasteiger partial charge on any atom is -0.379 e. The number of morpholine rings is 2. The van der Waals surface area contributed by atoms with Crippen molar-refractivity contribution in [1.29, 1.82) is 0 Å². The first-order valence-electron chi connectivity index (χ1n) is 11.6. The average molecular weight is 449 g/mol. The highest BCUT2D eigenvalue weighted by Gasteiger charge is 2.20. The number of nitrogens with one attached hydrogen (secondary N) is 1. The Morgan fingerprint density at radius 3 is 2.25 bits per heavy atom. The molecule has 0 bridgehead atoms. The molecule has 1 aromatic heterocycles. The molecule has 10 heteroatoms. The number of aromatic nitrogens is 2. The van der Waals surface area contributed by atoms with Gasteiger partial charge < -0.3 is 19.7 Å². The monoisotopic (exact) mass is 448 g/mol. The van der Waals surface area contributed by atoms with E-state index in [1.165, 1.54) is 6.20 Å². The van der Waals surface area contributed by atoms with E-state index in [4.69, 9.17) is 9.47 Å². The van der Waals surface area contributed by atoms with E-state index in [1.807, 2.05) is 6.92 Å². The maximum absolute atomic E-state index is 13.0. The van der Waals surface area contributed by atoms with Gasteiger partial charge in [0.25, 0.3) is 5.91 Å². The Morgan fingerprint density at radius 1 is 0.969 bits per heavy atom. The number of hydrogen-bond acceptors (Lipinski definition) is 8. The first kappa shape index (κ1) is 24.5. The van der Waals surface area contributed by atoms with Crippen LogP contribution in [0, 0.1) is 6.92 Å². The summed E-state index contributed by atoms with van der Waals surface area (Å²) in [6, 6.07) is 0. The van der Waals surface area contributed by atoms with Gasteiger partial charge in [0.05, 0.1) is 38.3 Å². The van der Waals surface area contributed by atoms with E-state index in [-0.39, 0.29) is 18.2 Å². The smallest absolute Gasteiger partial charge is 0.274 e. The molecule has 0 radical (unpaired) electrons. The zero-order chi connectivity index (χ0) is 22.6. The average Bonchev–Trinajstić information content (AvgIpc) is 2.83. The van der Waals surface area contributed by atoms with Crippen LogP contribution in [0.4, 0.5) is 0 Å². The van der Waals surface area contributed by atoms with Gasteiger partial charge in [-0.1, -0.05) is 0 Å². The maximum atomic E-state index is 13.0. The van der Waals surface area contributed by atoms with Crippen molar-refractivity contribution in [3.63, 3.8) is 0 Å². The zero-order valence-corrected chi connectivity index (χ0v) is 19.1. The molecule has 3 heterocycles. The number of nitrogens with zero attached hydrogens (tertiary/aromatic N) is 5. The summed E-state index contributed by atoms with van der Waals surface area (Å²) in [6.07, 6.45) is 4.27. The van der Waals surface area contributed by atoms with Crippen LogP contribution in [0.2, 0.25) is 0 Å². The van der Waals surface area contributed by atoms with Gasteiger partial charge in [-0.05, 0) is 19.9 Å². The Balaban J connectivity index is 1.44. The van der Waals surface area contributed by atoms with Crippen LogP contribution in [0.5, 0.6) is 0 Å². The number of ether oxygens (including phenoxy) is 2. The number of aryl methyl sites for hydroxylation is 1. The van der Waals surface area contributed by atoms with E-state index >= 15 is 0 Å². The van der Waals surface area contributed by atoms with Crippen LogP contribution >= 0.6 is 0 Å². The van der Waals surface area contributed by atoms with E-state index in [0.717, 1.165) is 64.6 Å². The van der Waals surface area contributed by atoms with Gasteiger partial charge in [0.2, 0.25) is 5.91 Å². The number of rotatable bonds is 11. The first-order chi connectivity index (χ1) is 15.6. The second kappa shape index (κ2) is 13.4. The third-order valence-corrected chi connectivity index (χ3v) is 5.76. The van der Waals surface area contributed by atoms with Gasteiger partial charge in [-0.3, -0.25) is 24.4 Å². The predicted octanol–water partition coefficient (Wildman–Crippen LogP) is -0.212. The minimum atomic E-state index is -0.189. The predicted molar refractivity (Wildman–Crippen MR) is 119 cm³/mol. The molecule has 0 saturated carbocycles. The molecule has 0 atom stereocenters. The Hall–Kier alpha value is -2.14.